The smallest absolute Gasteiger partial charge is 0.145 e. The van der Waals surface area contributed by atoms with Gasteiger partial charge in [-0.2, -0.15) is 5.26 Å². The van der Waals surface area contributed by atoms with E-state index in [9.17, 15) is 0 Å². The molecule has 0 spiro atoms. The van der Waals surface area contributed by atoms with Gasteiger partial charge in [0.05, 0.1) is 13.2 Å². The van der Waals surface area contributed by atoms with Crippen molar-refractivity contribution in [3.8, 4) is 6.07 Å². The summed E-state index contributed by atoms with van der Waals surface area (Å²) in [6.07, 6.45) is 2.54. The Balaban J connectivity index is 1.80. The number of nitrogens with zero attached hydrogens (tertiary/aromatic N) is 2. The highest BCUT2D eigenvalue weighted by Crippen LogP contribution is 2.10. The normalized spacial score (nSPS) is 10.1. The lowest BCUT2D eigenvalue weighted by Crippen LogP contribution is -2.00. The number of pyridine rings is 1. The zero-order valence-electron chi connectivity index (χ0n) is 9.30. The summed E-state index contributed by atoms with van der Waals surface area (Å²) in [5.74, 6) is 0. The van der Waals surface area contributed by atoms with Gasteiger partial charge in [0.1, 0.15) is 11.8 Å². The molecule has 0 saturated heterocycles. The molecule has 0 aliphatic heterocycles. The quantitative estimate of drug-likeness (QED) is 0.760. The third kappa shape index (κ3) is 3.38. The predicted octanol–water partition coefficient (Wildman–Crippen LogP) is 2.77. The molecule has 2 aromatic heterocycles. The van der Waals surface area contributed by atoms with E-state index in [0.717, 1.165) is 12.0 Å². The second kappa shape index (κ2) is 6.14. The Kier molecular flexibility index (Phi) is 4.25. The van der Waals surface area contributed by atoms with Gasteiger partial charge in [0, 0.05) is 23.1 Å². The Morgan fingerprint density at radius 1 is 1.35 bits per heavy atom. The van der Waals surface area contributed by atoms with Crippen LogP contribution in [0.25, 0.3) is 0 Å². The highest BCUT2D eigenvalue weighted by Gasteiger charge is 2.02. The topological polar surface area (TPSA) is 45.9 Å². The van der Waals surface area contributed by atoms with E-state index in [-0.39, 0.29) is 0 Å². The van der Waals surface area contributed by atoms with Crippen LogP contribution in [0.4, 0.5) is 0 Å². The molecule has 0 aliphatic rings. The second-order valence-corrected chi connectivity index (χ2v) is 4.54. The Labute approximate surface area is 104 Å². The highest BCUT2D eigenvalue weighted by atomic mass is 32.1. The van der Waals surface area contributed by atoms with E-state index in [0.29, 0.717) is 18.9 Å². The van der Waals surface area contributed by atoms with Gasteiger partial charge in [-0.1, -0.05) is 12.1 Å². The average Bonchev–Trinajstić information content (AvgIpc) is 2.88. The average molecular weight is 244 g/mol. The van der Waals surface area contributed by atoms with Crippen LogP contribution in [0.15, 0.2) is 35.8 Å². The summed E-state index contributed by atoms with van der Waals surface area (Å²) in [4.78, 5) is 5.30. The van der Waals surface area contributed by atoms with Crippen molar-refractivity contribution in [2.75, 3.05) is 6.61 Å². The highest BCUT2D eigenvalue weighted by molar-refractivity contribution is 7.09. The first-order valence-corrected chi connectivity index (χ1v) is 6.22. The Morgan fingerprint density at radius 2 is 2.29 bits per heavy atom. The van der Waals surface area contributed by atoms with E-state index >= 15 is 0 Å². The monoisotopic (exact) mass is 244 g/mol. The number of rotatable bonds is 5. The number of aromatic nitrogens is 1. The third-order valence-corrected chi connectivity index (χ3v) is 3.26. The summed E-state index contributed by atoms with van der Waals surface area (Å²) in [5, 5.41) is 10.9. The van der Waals surface area contributed by atoms with Crippen molar-refractivity contribution >= 4 is 11.3 Å². The Morgan fingerprint density at radius 3 is 3.06 bits per heavy atom. The molecular formula is C13H12N2OS. The van der Waals surface area contributed by atoms with Gasteiger partial charge in [-0.05, 0) is 17.5 Å². The minimum absolute atomic E-state index is 0.447. The van der Waals surface area contributed by atoms with Crippen LogP contribution < -0.4 is 0 Å². The minimum Gasteiger partial charge on any atom is -0.376 e. The number of thiophene rings is 1. The van der Waals surface area contributed by atoms with Gasteiger partial charge in [0.15, 0.2) is 0 Å². The van der Waals surface area contributed by atoms with Crippen LogP contribution >= 0.6 is 11.3 Å². The molecule has 0 fully saturated rings. The summed E-state index contributed by atoms with van der Waals surface area (Å²) in [6.45, 7) is 1.11. The fourth-order valence-electron chi connectivity index (χ4n) is 1.47. The molecule has 0 unspecified atom stereocenters. The molecule has 86 valence electrons. The zero-order valence-corrected chi connectivity index (χ0v) is 10.1. The lowest BCUT2D eigenvalue weighted by Gasteiger charge is -2.04. The lowest BCUT2D eigenvalue weighted by atomic mass is 10.2. The van der Waals surface area contributed by atoms with E-state index < -0.39 is 0 Å². The third-order valence-electron chi connectivity index (χ3n) is 2.33. The number of ether oxygens (including phenoxy) is 1. The van der Waals surface area contributed by atoms with Crippen molar-refractivity contribution in [1.29, 1.82) is 5.26 Å². The predicted molar refractivity (Wildman–Crippen MR) is 66.6 cm³/mol. The summed E-state index contributed by atoms with van der Waals surface area (Å²) in [5.41, 5.74) is 1.30. The van der Waals surface area contributed by atoms with Gasteiger partial charge in [0.25, 0.3) is 0 Å². The van der Waals surface area contributed by atoms with Crippen LogP contribution in [0, 0.1) is 11.3 Å². The SMILES string of the molecule is N#Cc1ncccc1COCCc1cccs1. The fourth-order valence-corrected chi connectivity index (χ4v) is 2.16. The van der Waals surface area contributed by atoms with Crippen molar-refractivity contribution in [2.24, 2.45) is 0 Å². The molecular weight excluding hydrogens is 232 g/mol. The molecule has 0 N–H and O–H groups in total. The van der Waals surface area contributed by atoms with Gasteiger partial charge >= 0.3 is 0 Å². The molecule has 0 saturated carbocycles. The number of nitriles is 1. The molecule has 0 atom stereocenters. The molecule has 3 nitrogen and oxygen atoms in total. The molecule has 4 heteroatoms. The standard InChI is InChI=1S/C13H12N2OS/c14-9-13-11(3-1-6-15-13)10-16-7-5-12-4-2-8-17-12/h1-4,6,8H,5,7,10H2. The molecule has 0 bridgehead atoms. The maximum Gasteiger partial charge on any atom is 0.145 e. The van der Waals surface area contributed by atoms with Crippen molar-refractivity contribution in [3.05, 3.63) is 52.0 Å². The van der Waals surface area contributed by atoms with Crippen LogP contribution in [0.5, 0.6) is 0 Å². The van der Waals surface area contributed by atoms with E-state index in [1.807, 2.05) is 18.2 Å². The van der Waals surface area contributed by atoms with Gasteiger partial charge < -0.3 is 4.74 Å². The van der Waals surface area contributed by atoms with Gasteiger partial charge in [-0.3, -0.25) is 0 Å². The Bertz CT molecular complexity index is 502. The second-order valence-electron chi connectivity index (χ2n) is 3.50. The van der Waals surface area contributed by atoms with Crippen LogP contribution in [0.2, 0.25) is 0 Å². The largest absolute Gasteiger partial charge is 0.376 e. The number of hydrogen-bond donors (Lipinski definition) is 0. The van der Waals surface area contributed by atoms with Gasteiger partial charge in [-0.25, -0.2) is 4.98 Å². The van der Waals surface area contributed by atoms with E-state index in [1.54, 1.807) is 17.5 Å². The Hall–Kier alpha value is -1.70. The molecule has 0 aromatic carbocycles. The summed E-state index contributed by atoms with van der Waals surface area (Å²) >= 11 is 1.73. The molecule has 0 aliphatic carbocycles. The first kappa shape index (κ1) is 11.8. The summed E-state index contributed by atoms with van der Waals surface area (Å²) in [7, 11) is 0. The van der Waals surface area contributed by atoms with E-state index in [4.69, 9.17) is 10.00 Å². The molecule has 2 heterocycles. The summed E-state index contributed by atoms with van der Waals surface area (Å²) < 4.78 is 5.55. The molecule has 17 heavy (non-hydrogen) atoms. The maximum atomic E-state index is 8.86. The van der Waals surface area contributed by atoms with Crippen LogP contribution in [-0.2, 0) is 17.8 Å². The molecule has 0 amide bonds. The first-order chi connectivity index (χ1) is 8.40. The fraction of sp³-hybridized carbons (Fsp3) is 0.231. The van der Waals surface area contributed by atoms with Crippen LogP contribution in [0.3, 0.4) is 0 Å². The van der Waals surface area contributed by atoms with Gasteiger partial charge in [0.2, 0.25) is 0 Å². The molecule has 2 aromatic rings. The molecule has 0 radical (unpaired) electrons. The zero-order chi connectivity index (χ0) is 11.9. The van der Waals surface area contributed by atoms with Crippen LogP contribution in [0.1, 0.15) is 16.1 Å². The molecule has 2 rings (SSSR count). The lowest BCUT2D eigenvalue weighted by molar-refractivity contribution is 0.124. The van der Waals surface area contributed by atoms with E-state index in [2.05, 4.69) is 22.5 Å². The van der Waals surface area contributed by atoms with E-state index in [1.165, 1.54) is 4.88 Å². The van der Waals surface area contributed by atoms with Crippen molar-refractivity contribution < 1.29 is 4.74 Å². The number of hydrogen-bond acceptors (Lipinski definition) is 4. The van der Waals surface area contributed by atoms with Crippen molar-refractivity contribution in [1.82, 2.24) is 4.98 Å². The van der Waals surface area contributed by atoms with Crippen molar-refractivity contribution in [2.45, 2.75) is 13.0 Å². The van der Waals surface area contributed by atoms with Crippen molar-refractivity contribution in [3.63, 3.8) is 0 Å². The maximum absolute atomic E-state index is 8.86. The van der Waals surface area contributed by atoms with Crippen LogP contribution in [-0.4, -0.2) is 11.6 Å². The minimum atomic E-state index is 0.447. The van der Waals surface area contributed by atoms with Gasteiger partial charge in [-0.15, -0.1) is 11.3 Å². The first-order valence-electron chi connectivity index (χ1n) is 5.34. The summed E-state index contributed by atoms with van der Waals surface area (Å²) in [6, 6.07) is 9.88.